The third kappa shape index (κ3) is 4.45. The summed E-state index contributed by atoms with van der Waals surface area (Å²) >= 11 is 0. The van der Waals surface area contributed by atoms with Gasteiger partial charge in [0.25, 0.3) is 0 Å². The molecule has 1 aliphatic carbocycles. The van der Waals surface area contributed by atoms with Crippen LogP contribution >= 0.6 is 0 Å². The van der Waals surface area contributed by atoms with Crippen LogP contribution in [0, 0.1) is 11.8 Å². The summed E-state index contributed by atoms with van der Waals surface area (Å²) in [4.78, 5) is 0. The van der Waals surface area contributed by atoms with Crippen molar-refractivity contribution >= 4 is 0 Å². The van der Waals surface area contributed by atoms with Crippen LogP contribution in [0.4, 0.5) is 0 Å². The minimum atomic E-state index is 0.754. The van der Waals surface area contributed by atoms with Crippen LogP contribution in [0.5, 0.6) is 0 Å². The predicted octanol–water partition coefficient (Wildman–Crippen LogP) is 3.59. The lowest BCUT2D eigenvalue weighted by Crippen LogP contribution is -2.33. The van der Waals surface area contributed by atoms with E-state index in [0.29, 0.717) is 0 Å². The van der Waals surface area contributed by atoms with Crippen LogP contribution in [-0.4, -0.2) is 12.6 Å². The van der Waals surface area contributed by atoms with Crippen molar-refractivity contribution in [3.63, 3.8) is 0 Å². The van der Waals surface area contributed by atoms with Crippen molar-refractivity contribution in [3.8, 4) is 0 Å². The first-order valence-corrected chi connectivity index (χ1v) is 6.43. The highest BCUT2D eigenvalue weighted by molar-refractivity contribution is 4.76. The number of rotatable bonds is 6. The van der Waals surface area contributed by atoms with Gasteiger partial charge in [0.2, 0.25) is 0 Å². The summed E-state index contributed by atoms with van der Waals surface area (Å²) in [6, 6.07) is 0.754. The van der Waals surface area contributed by atoms with Crippen LogP contribution in [0.25, 0.3) is 0 Å². The molecule has 0 aliphatic heterocycles. The highest BCUT2D eigenvalue weighted by Crippen LogP contribution is 2.27. The molecule has 0 aromatic heterocycles. The number of nitrogens with one attached hydrogen (secondary N) is 1. The monoisotopic (exact) mass is 197 g/mol. The van der Waals surface area contributed by atoms with Crippen LogP contribution < -0.4 is 5.32 Å². The summed E-state index contributed by atoms with van der Waals surface area (Å²) in [5.41, 5.74) is 0. The normalized spacial score (nSPS) is 20.6. The van der Waals surface area contributed by atoms with Crippen LogP contribution in [0.15, 0.2) is 0 Å². The quantitative estimate of drug-likeness (QED) is 0.642. The van der Waals surface area contributed by atoms with E-state index in [0.717, 1.165) is 17.9 Å². The zero-order chi connectivity index (χ0) is 10.4. The van der Waals surface area contributed by atoms with Gasteiger partial charge >= 0.3 is 0 Å². The van der Waals surface area contributed by atoms with Gasteiger partial charge in [-0.2, -0.15) is 0 Å². The van der Waals surface area contributed by atoms with Crippen LogP contribution in [0.1, 0.15) is 59.3 Å². The van der Waals surface area contributed by atoms with Gasteiger partial charge in [-0.25, -0.2) is 0 Å². The molecule has 0 aromatic carbocycles. The Kier molecular flexibility index (Phi) is 5.54. The Hall–Kier alpha value is -0.0400. The Bertz CT molecular complexity index is 136. The topological polar surface area (TPSA) is 12.0 Å². The molecule has 1 saturated carbocycles. The first kappa shape index (κ1) is 12.0. The molecular weight excluding hydrogens is 170 g/mol. The minimum Gasteiger partial charge on any atom is -0.314 e. The fraction of sp³-hybridized carbons (Fsp3) is 1.00. The highest BCUT2D eigenvalue weighted by Gasteiger charge is 2.20. The van der Waals surface area contributed by atoms with Gasteiger partial charge < -0.3 is 5.32 Å². The molecule has 0 amide bonds. The largest absolute Gasteiger partial charge is 0.314 e. The van der Waals surface area contributed by atoms with Crippen molar-refractivity contribution in [1.82, 2.24) is 5.32 Å². The highest BCUT2D eigenvalue weighted by atomic mass is 14.9. The Labute approximate surface area is 89.7 Å². The van der Waals surface area contributed by atoms with E-state index in [9.17, 15) is 0 Å². The Balaban J connectivity index is 1.99. The first-order valence-electron chi connectivity index (χ1n) is 6.43. The second kappa shape index (κ2) is 6.44. The summed E-state index contributed by atoms with van der Waals surface area (Å²) in [6.07, 6.45) is 8.54. The third-order valence-electron chi connectivity index (χ3n) is 3.53. The molecule has 1 aliphatic rings. The van der Waals surface area contributed by atoms with Crippen LogP contribution in [0.3, 0.4) is 0 Å². The van der Waals surface area contributed by atoms with E-state index < -0.39 is 0 Å². The van der Waals surface area contributed by atoms with E-state index in [4.69, 9.17) is 0 Å². The zero-order valence-corrected chi connectivity index (χ0v) is 10.2. The maximum Gasteiger partial charge on any atom is 0.00669 e. The molecule has 0 unspecified atom stereocenters. The fourth-order valence-corrected chi connectivity index (χ4v) is 2.46. The van der Waals surface area contributed by atoms with E-state index in [1.165, 1.54) is 45.1 Å². The smallest absolute Gasteiger partial charge is 0.00669 e. The second-order valence-electron chi connectivity index (χ2n) is 5.32. The second-order valence-corrected chi connectivity index (χ2v) is 5.32. The Morgan fingerprint density at radius 1 is 1.14 bits per heavy atom. The van der Waals surface area contributed by atoms with Crippen LogP contribution in [-0.2, 0) is 0 Å². The van der Waals surface area contributed by atoms with Crippen molar-refractivity contribution in [2.75, 3.05) is 6.54 Å². The number of hydrogen-bond acceptors (Lipinski definition) is 1. The van der Waals surface area contributed by atoms with Crippen molar-refractivity contribution < 1.29 is 0 Å². The molecule has 0 saturated heterocycles. The average Bonchev–Trinajstić information content (AvgIpc) is 2.64. The molecule has 1 N–H and O–H groups in total. The SMILES string of the molecule is CC(C)CCCN[C@H](C)C1CCCC1. The lowest BCUT2D eigenvalue weighted by Gasteiger charge is -2.20. The van der Waals surface area contributed by atoms with E-state index in [-0.39, 0.29) is 0 Å². The summed E-state index contributed by atoms with van der Waals surface area (Å²) < 4.78 is 0. The van der Waals surface area contributed by atoms with Gasteiger partial charge in [-0.1, -0.05) is 26.7 Å². The third-order valence-corrected chi connectivity index (χ3v) is 3.53. The molecule has 0 heterocycles. The van der Waals surface area contributed by atoms with Crippen molar-refractivity contribution in [2.24, 2.45) is 11.8 Å². The maximum atomic E-state index is 3.68. The number of hydrogen-bond donors (Lipinski definition) is 1. The summed E-state index contributed by atoms with van der Waals surface area (Å²) in [6.45, 7) is 8.20. The molecule has 0 radical (unpaired) electrons. The predicted molar refractivity (Wildman–Crippen MR) is 63.5 cm³/mol. The molecule has 84 valence electrons. The van der Waals surface area contributed by atoms with Gasteiger partial charge in [-0.15, -0.1) is 0 Å². The average molecular weight is 197 g/mol. The van der Waals surface area contributed by atoms with Crippen LogP contribution in [0.2, 0.25) is 0 Å². The van der Waals surface area contributed by atoms with Gasteiger partial charge in [0.1, 0.15) is 0 Å². The van der Waals surface area contributed by atoms with Gasteiger partial charge in [-0.05, 0) is 51.0 Å². The molecule has 1 rings (SSSR count). The Morgan fingerprint density at radius 3 is 2.36 bits per heavy atom. The molecule has 1 atom stereocenters. The summed E-state index contributed by atoms with van der Waals surface area (Å²) in [7, 11) is 0. The Morgan fingerprint density at radius 2 is 1.79 bits per heavy atom. The van der Waals surface area contributed by atoms with E-state index in [1.54, 1.807) is 0 Å². The molecule has 14 heavy (non-hydrogen) atoms. The van der Waals surface area contributed by atoms with Gasteiger partial charge in [0, 0.05) is 6.04 Å². The van der Waals surface area contributed by atoms with Gasteiger partial charge in [-0.3, -0.25) is 0 Å². The van der Waals surface area contributed by atoms with E-state index >= 15 is 0 Å². The lowest BCUT2D eigenvalue weighted by molar-refractivity contribution is 0.374. The zero-order valence-electron chi connectivity index (χ0n) is 10.2. The molecule has 1 nitrogen and oxygen atoms in total. The molecule has 0 bridgehead atoms. The van der Waals surface area contributed by atoms with E-state index in [1.807, 2.05) is 0 Å². The standard InChI is InChI=1S/C13H27N/c1-11(2)7-6-10-14-12(3)13-8-4-5-9-13/h11-14H,4-10H2,1-3H3/t12-/m1/s1. The summed E-state index contributed by atoms with van der Waals surface area (Å²) in [5.74, 6) is 1.83. The van der Waals surface area contributed by atoms with Gasteiger partial charge in [0.05, 0.1) is 0 Å². The molecule has 1 heteroatoms. The molecule has 0 aromatic rings. The molecule has 1 fully saturated rings. The molecule has 0 spiro atoms. The van der Waals surface area contributed by atoms with Crippen molar-refractivity contribution in [1.29, 1.82) is 0 Å². The maximum absolute atomic E-state index is 3.68. The fourth-order valence-electron chi connectivity index (χ4n) is 2.46. The lowest BCUT2D eigenvalue weighted by atomic mass is 9.99. The van der Waals surface area contributed by atoms with Gasteiger partial charge in [0.15, 0.2) is 0 Å². The minimum absolute atomic E-state index is 0.754. The first-order chi connectivity index (χ1) is 6.70. The van der Waals surface area contributed by atoms with Crippen molar-refractivity contribution in [3.05, 3.63) is 0 Å². The molecular formula is C13H27N. The van der Waals surface area contributed by atoms with Crippen molar-refractivity contribution in [2.45, 2.75) is 65.3 Å². The van der Waals surface area contributed by atoms with E-state index in [2.05, 4.69) is 26.1 Å². The summed E-state index contributed by atoms with van der Waals surface area (Å²) in [5, 5.41) is 3.68.